The first-order valence-electron chi connectivity index (χ1n) is 12.6. The fourth-order valence-electron chi connectivity index (χ4n) is 5.72. The minimum Gasteiger partial charge on any atom is -0.481 e. The Morgan fingerprint density at radius 3 is 2.64 bits per heavy atom. The Labute approximate surface area is 232 Å². The van der Waals surface area contributed by atoms with Gasteiger partial charge in [0.15, 0.2) is 9.84 Å². The van der Waals surface area contributed by atoms with Gasteiger partial charge in [-0.05, 0) is 91.5 Å². The summed E-state index contributed by atoms with van der Waals surface area (Å²) in [7, 11) is -1.92. The van der Waals surface area contributed by atoms with Gasteiger partial charge in [-0.1, -0.05) is 29.8 Å². The maximum Gasteiger partial charge on any atom is 0.217 e. The minimum atomic E-state index is -3.44. The molecule has 2 heterocycles. The van der Waals surface area contributed by atoms with Crippen LogP contribution in [0.1, 0.15) is 47.1 Å². The van der Waals surface area contributed by atoms with Crippen LogP contribution >= 0.6 is 11.6 Å². The molecule has 1 aromatic heterocycles. The van der Waals surface area contributed by atoms with E-state index in [0.29, 0.717) is 46.8 Å². The van der Waals surface area contributed by atoms with Crippen molar-refractivity contribution in [1.82, 2.24) is 10.3 Å². The third kappa shape index (κ3) is 5.52. The molecule has 1 saturated heterocycles. The van der Waals surface area contributed by atoms with E-state index in [1.54, 1.807) is 24.3 Å². The number of aliphatic hydroxyl groups is 1. The van der Waals surface area contributed by atoms with Crippen LogP contribution in [0.25, 0.3) is 10.9 Å². The molecule has 9 heteroatoms. The summed E-state index contributed by atoms with van der Waals surface area (Å²) < 4.78 is 44.1. The van der Waals surface area contributed by atoms with E-state index in [9.17, 15) is 17.9 Å². The smallest absolute Gasteiger partial charge is 0.217 e. The Morgan fingerprint density at radius 1 is 1.15 bits per heavy atom. The molecule has 0 spiro atoms. The lowest BCUT2D eigenvalue weighted by atomic mass is 9.70. The molecule has 0 radical (unpaired) electrons. The van der Waals surface area contributed by atoms with Crippen LogP contribution in [0.5, 0.6) is 5.88 Å². The predicted molar refractivity (Wildman–Crippen MR) is 151 cm³/mol. The number of hydrogen-bond acceptors (Lipinski definition) is 6. The van der Waals surface area contributed by atoms with Crippen molar-refractivity contribution in [3.63, 3.8) is 0 Å². The second kappa shape index (κ2) is 10.5. The van der Waals surface area contributed by atoms with Gasteiger partial charge in [-0.2, -0.15) is 0 Å². The van der Waals surface area contributed by atoms with Gasteiger partial charge in [0.05, 0.1) is 23.1 Å². The van der Waals surface area contributed by atoms with E-state index in [1.807, 2.05) is 31.2 Å². The van der Waals surface area contributed by atoms with Gasteiger partial charge in [0.25, 0.3) is 0 Å². The number of nitrogens with one attached hydrogen (secondary N) is 1. The quantitative estimate of drug-likeness (QED) is 0.308. The van der Waals surface area contributed by atoms with Crippen LogP contribution in [0.3, 0.4) is 0 Å². The molecule has 1 aliphatic rings. The number of pyridine rings is 1. The van der Waals surface area contributed by atoms with Gasteiger partial charge in [0.1, 0.15) is 5.82 Å². The summed E-state index contributed by atoms with van der Waals surface area (Å²) in [6.07, 6.45) is 1.92. The Bertz CT molecular complexity index is 1660. The van der Waals surface area contributed by atoms with Gasteiger partial charge >= 0.3 is 0 Å². The van der Waals surface area contributed by atoms with Crippen molar-refractivity contribution < 1.29 is 22.7 Å². The molecule has 0 amide bonds. The summed E-state index contributed by atoms with van der Waals surface area (Å²) >= 11 is 6.42. The number of benzene rings is 3. The number of sulfone groups is 1. The van der Waals surface area contributed by atoms with Crippen LogP contribution in [0.15, 0.2) is 71.6 Å². The first kappa shape index (κ1) is 27.5. The highest BCUT2D eigenvalue weighted by Gasteiger charge is 2.45. The maximum absolute atomic E-state index is 13.8. The van der Waals surface area contributed by atoms with E-state index in [0.717, 1.165) is 22.9 Å². The van der Waals surface area contributed by atoms with Gasteiger partial charge in [-0.25, -0.2) is 17.8 Å². The first-order chi connectivity index (χ1) is 18.5. The Kier molecular flexibility index (Phi) is 7.41. The van der Waals surface area contributed by atoms with E-state index in [1.165, 1.54) is 25.3 Å². The molecule has 39 heavy (non-hydrogen) atoms. The van der Waals surface area contributed by atoms with Crippen LogP contribution < -0.4 is 10.1 Å². The highest BCUT2D eigenvalue weighted by atomic mass is 35.5. The lowest BCUT2D eigenvalue weighted by Crippen LogP contribution is -2.48. The molecule has 5 rings (SSSR count). The fourth-order valence-corrected chi connectivity index (χ4v) is 6.58. The standard InChI is InChI=1S/C30H30ClFN2O4S/c1-18-13-22(32)7-9-24(18)27-17-30(35,11-12-33-27)28(19-5-4-6-21(31)14-19)25-16-20-15-23(39(3,36)37)8-10-26(20)34-29(25)38-2/h4-10,13-16,27-28,33,35H,11-12,17H2,1-3H3. The highest BCUT2D eigenvalue weighted by molar-refractivity contribution is 7.90. The summed E-state index contributed by atoms with van der Waals surface area (Å²) in [5.41, 5.74) is 2.43. The molecular formula is C30H30ClFN2O4S. The normalized spacial score (nSPS) is 20.6. The van der Waals surface area contributed by atoms with Gasteiger partial charge in [0, 0.05) is 34.2 Å². The topological polar surface area (TPSA) is 88.5 Å². The summed E-state index contributed by atoms with van der Waals surface area (Å²) in [5.74, 6) is -0.573. The van der Waals surface area contributed by atoms with Crippen molar-refractivity contribution in [2.24, 2.45) is 0 Å². The lowest BCUT2D eigenvalue weighted by Gasteiger charge is -2.44. The largest absolute Gasteiger partial charge is 0.481 e. The van der Waals surface area contributed by atoms with Crippen LogP contribution in [0, 0.1) is 12.7 Å². The molecular weight excluding hydrogens is 539 g/mol. The highest BCUT2D eigenvalue weighted by Crippen LogP contribution is 2.47. The SMILES string of the molecule is COc1nc2ccc(S(C)(=O)=O)cc2cc1C(c1cccc(Cl)c1)C1(O)CCNC(c2ccc(F)cc2C)C1. The Balaban J connectivity index is 1.69. The molecule has 6 nitrogen and oxygen atoms in total. The molecule has 4 aromatic rings. The van der Waals surface area contributed by atoms with Crippen LogP contribution in [0.2, 0.25) is 5.02 Å². The van der Waals surface area contributed by atoms with Crippen molar-refractivity contribution in [1.29, 1.82) is 0 Å². The van der Waals surface area contributed by atoms with Gasteiger partial charge in [-0.15, -0.1) is 0 Å². The van der Waals surface area contributed by atoms with Crippen LogP contribution in [-0.2, 0) is 9.84 Å². The predicted octanol–water partition coefficient (Wildman–Crippen LogP) is 5.74. The molecule has 1 aliphatic heterocycles. The summed E-state index contributed by atoms with van der Waals surface area (Å²) in [4.78, 5) is 4.87. The third-order valence-electron chi connectivity index (χ3n) is 7.54. The van der Waals surface area contributed by atoms with Gasteiger partial charge < -0.3 is 15.2 Å². The molecule has 204 valence electrons. The number of nitrogens with zero attached hydrogens (tertiary/aromatic N) is 1. The van der Waals surface area contributed by atoms with E-state index in [4.69, 9.17) is 21.3 Å². The molecule has 0 bridgehead atoms. The number of ether oxygens (including phenoxy) is 1. The number of aryl methyl sites for hydroxylation is 1. The first-order valence-corrected chi connectivity index (χ1v) is 14.9. The molecule has 0 saturated carbocycles. The zero-order valence-electron chi connectivity index (χ0n) is 21.9. The van der Waals surface area contributed by atoms with E-state index in [-0.39, 0.29) is 16.8 Å². The summed E-state index contributed by atoms with van der Waals surface area (Å²) in [5, 5.41) is 17.1. The molecule has 0 aliphatic carbocycles. The maximum atomic E-state index is 13.8. The molecule has 3 aromatic carbocycles. The third-order valence-corrected chi connectivity index (χ3v) is 8.89. The van der Waals surface area contributed by atoms with Crippen LogP contribution in [-0.4, -0.2) is 44.0 Å². The monoisotopic (exact) mass is 568 g/mol. The zero-order valence-corrected chi connectivity index (χ0v) is 23.5. The number of rotatable bonds is 6. The summed E-state index contributed by atoms with van der Waals surface area (Å²) in [6.45, 7) is 2.38. The van der Waals surface area contributed by atoms with E-state index >= 15 is 0 Å². The summed E-state index contributed by atoms with van der Waals surface area (Å²) in [6, 6.07) is 18.4. The molecule has 2 N–H and O–H groups in total. The number of halogens is 2. The average molecular weight is 569 g/mol. The van der Waals surface area contributed by atoms with E-state index in [2.05, 4.69) is 5.32 Å². The molecule has 3 unspecified atom stereocenters. The van der Waals surface area contributed by atoms with Crippen molar-refractivity contribution >= 4 is 32.3 Å². The molecule has 3 atom stereocenters. The Hall–Kier alpha value is -3.04. The second-order valence-electron chi connectivity index (χ2n) is 10.3. The Morgan fingerprint density at radius 2 is 1.95 bits per heavy atom. The number of piperidine rings is 1. The minimum absolute atomic E-state index is 0.180. The van der Waals surface area contributed by atoms with Gasteiger partial charge in [-0.3, -0.25) is 0 Å². The van der Waals surface area contributed by atoms with Crippen LogP contribution in [0.4, 0.5) is 4.39 Å². The fraction of sp³-hybridized carbons (Fsp3) is 0.300. The lowest BCUT2D eigenvalue weighted by molar-refractivity contribution is -0.0197. The molecule has 1 fully saturated rings. The van der Waals surface area contributed by atoms with Gasteiger partial charge in [0.2, 0.25) is 5.88 Å². The van der Waals surface area contributed by atoms with Crippen molar-refractivity contribution in [2.75, 3.05) is 19.9 Å². The average Bonchev–Trinajstić information content (AvgIpc) is 2.87. The second-order valence-corrected chi connectivity index (χ2v) is 12.7. The van der Waals surface area contributed by atoms with Crippen molar-refractivity contribution in [2.45, 2.75) is 42.2 Å². The van der Waals surface area contributed by atoms with Crippen molar-refractivity contribution in [3.8, 4) is 5.88 Å². The number of aromatic nitrogens is 1. The van der Waals surface area contributed by atoms with Crippen molar-refractivity contribution in [3.05, 3.63) is 99.8 Å². The zero-order chi connectivity index (χ0) is 27.9. The van der Waals surface area contributed by atoms with E-state index < -0.39 is 21.4 Å². The number of hydrogen-bond donors (Lipinski definition) is 2. The number of methoxy groups -OCH3 is 1. The number of fused-ring (bicyclic) bond motifs is 1.